The van der Waals surface area contributed by atoms with Gasteiger partial charge in [0.15, 0.2) is 0 Å². The molecule has 2 heteroatoms. The summed E-state index contributed by atoms with van der Waals surface area (Å²) in [6.45, 7) is 2.35. The molecule has 1 aliphatic rings. The first-order valence-corrected chi connectivity index (χ1v) is 15.9. The van der Waals surface area contributed by atoms with Gasteiger partial charge in [-0.1, -0.05) is 127 Å². The predicted octanol–water partition coefficient (Wildman–Crippen LogP) is 12.1. The molecule has 9 rings (SSSR count). The summed E-state index contributed by atoms with van der Waals surface area (Å²) in [4.78, 5) is 2.32. The number of fused-ring (bicyclic) bond motifs is 6. The molecule has 2 nitrogen and oxygen atoms in total. The highest BCUT2D eigenvalue weighted by molar-refractivity contribution is 6.08. The Bertz CT molecular complexity index is 2320. The standard InChI is InChI=1S/C44H31NO/c1-44(39-20-10-8-17-35(39)36-18-9-11-21-40(36)44)41-22-12-19-37-38-29-34(27-28-42(38)46-43(37)41)45(32-15-6-3-7-16-32)33-25-23-31(24-26-33)30-13-4-2-5-14-30/h2-29H,1H3. The van der Waals surface area contributed by atoms with Crippen LogP contribution in [0.4, 0.5) is 17.1 Å². The van der Waals surface area contributed by atoms with E-state index in [-0.39, 0.29) is 5.41 Å². The molecule has 46 heavy (non-hydrogen) atoms. The molecule has 0 amide bonds. The normalized spacial score (nSPS) is 13.1. The van der Waals surface area contributed by atoms with Gasteiger partial charge < -0.3 is 9.32 Å². The van der Waals surface area contributed by atoms with Crippen LogP contribution < -0.4 is 4.90 Å². The Hall–Kier alpha value is -5.86. The van der Waals surface area contributed by atoms with Crippen molar-refractivity contribution in [3.63, 3.8) is 0 Å². The van der Waals surface area contributed by atoms with Crippen LogP contribution in [0.15, 0.2) is 174 Å². The molecule has 1 heterocycles. The zero-order valence-electron chi connectivity index (χ0n) is 25.5. The quantitative estimate of drug-likeness (QED) is 0.199. The Morgan fingerprint density at radius 3 is 1.67 bits per heavy atom. The van der Waals surface area contributed by atoms with Gasteiger partial charge in [-0.2, -0.15) is 0 Å². The van der Waals surface area contributed by atoms with E-state index >= 15 is 0 Å². The number of anilines is 3. The molecule has 0 radical (unpaired) electrons. The van der Waals surface area contributed by atoms with Crippen LogP contribution in [0.3, 0.4) is 0 Å². The average Bonchev–Trinajstić information content (AvgIpc) is 3.63. The molecule has 0 aliphatic heterocycles. The molecule has 1 aliphatic carbocycles. The molecule has 0 N–H and O–H groups in total. The topological polar surface area (TPSA) is 16.4 Å². The fraction of sp³-hybridized carbons (Fsp3) is 0.0455. The molecule has 0 saturated heterocycles. The maximum absolute atomic E-state index is 6.78. The Kier molecular flexibility index (Phi) is 5.97. The van der Waals surface area contributed by atoms with Crippen LogP contribution in [-0.2, 0) is 5.41 Å². The third kappa shape index (κ3) is 3.97. The van der Waals surface area contributed by atoms with Crippen molar-refractivity contribution in [2.45, 2.75) is 12.3 Å². The van der Waals surface area contributed by atoms with Gasteiger partial charge in [-0.3, -0.25) is 0 Å². The zero-order chi connectivity index (χ0) is 30.7. The fourth-order valence-electron chi connectivity index (χ4n) is 7.52. The molecule has 7 aromatic carbocycles. The van der Waals surface area contributed by atoms with Gasteiger partial charge in [-0.15, -0.1) is 0 Å². The third-order valence-electron chi connectivity index (χ3n) is 9.75. The number of para-hydroxylation sites is 2. The lowest BCUT2D eigenvalue weighted by atomic mass is 9.74. The van der Waals surface area contributed by atoms with Crippen molar-refractivity contribution in [3.8, 4) is 22.3 Å². The van der Waals surface area contributed by atoms with E-state index in [0.717, 1.165) is 39.0 Å². The van der Waals surface area contributed by atoms with Crippen molar-refractivity contribution in [1.29, 1.82) is 0 Å². The van der Waals surface area contributed by atoms with E-state index in [1.165, 1.54) is 38.9 Å². The number of rotatable bonds is 5. The van der Waals surface area contributed by atoms with E-state index in [0.29, 0.717) is 0 Å². The van der Waals surface area contributed by atoms with Crippen LogP contribution >= 0.6 is 0 Å². The number of furan rings is 1. The van der Waals surface area contributed by atoms with Crippen LogP contribution in [0.1, 0.15) is 23.6 Å². The number of nitrogens with zero attached hydrogens (tertiary/aromatic N) is 1. The summed E-state index contributed by atoms with van der Waals surface area (Å²) in [5, 5.41) is 2.24. The van der Waals surface area contributed by atoms with Crippen molar-refractivity contribution >= 4 is 39.0 Å². The first-order valence-electron chi connectivity index (χ1n) is 15.9. The van der Waals surface area contributed by atoms with Gasteiger partial charge in [-0.25, -0.2) is 0 Å². The lowest BCUT2D eigenvalue weighted by Gasteiger charge is -2.28. The van der Waals surface area contributed by atoms with E-state index in [9.17, 15) is 0 Å². The molecular weight excluding hydrogens is 558 g/mol. The van der Waals surface area contributed by atoms with Gasteiger partial charge in [0.2, 0.25) is 0 Å². The van der Waals surface area contributed by atoms with E-state index < -0.39 is 0 Å². The molecular formula is C44H31NO. The monoisotopic (exact) mass is 589 g/mol. The van der Waals surface area contributed by atoms with Gasteiger partial charge in [0.1, 0.15) is 11.2 Å². The second-order valence-corrected chi connectivity index (χ2v) is 12.3. The largest absolute Gasteiger partial charge is 0.456 e. The summed E-state index contributed by atoms with van der Waals surface area (Å²) < 4.78 is 6.78. The van der Waals surface area contributed by atoms with E-state index in [2.05, 4.69) is 182 Å². The van der Waals surface area contributed by atoms with E-state index in [1.54, 1.807) is 0 Å². The minimum Gasteiger partial charge on any atom is -0.456 e. The Balaban J connectivity index is 1.21. The molecule has 0 spiro atoms. The van der Waals surface area contributed by atoms with Crippen LogP contribution in [-0.4, -0.2) is 0 Å². The number of hydrogen-bond acceptors (Lipinski definition) is 2. The highest BCUT2D eigenvalue weighted by Crippen LogP contribution is 2.54. The first-order chi connectivity index (χ1) is 22.7. The van der Waals surface area contributed by atoms with Gasteiger partial charge in [-0.05, 0) is 82.8 Å². The van der Waals surface area contributed by atoms with E-state index in [1.807, 2.05) is 0 Å². The van der Waals surface area contributed by atoms with Crippen molar-refractivity contribution < 1.29 is 4.42 Å². The van der Waals surface area contributed by atoms with Crippen molar-refractivity contribution in [2.75, 3.05) is 4.90 Å². The summed E-state index contributed by atoms with van der Waals surface area (Å²) in [5.41, 5.74) is 13.6. The van der Waals surface area contributed by atoms with Gasteiger partial charge in [0, 0.05) is 38.8 Å². The fourth-order valence-corrected chi connectivity index (χ4v) is 7.52. The van der Waals surface area contributed by atoms with Gasteiger partial charge in [0.25, 0.3) is 0 Å². The molecule has 218 valence electrons. The average molecular weight is 590 g/mol. The third-order valence-corrected chi connectivity index (χ3v) is 9.75. The van der Waals surface area contributed by atoms with Crippen molar-refractivity contribution in [2.24, 2.45) is 0 Å². The van der Waals surface area contributed by atoms with Crippen LogP contribution in [0.25, 0.3) is 44.2 Å². The maximum atomic E-state index is 6.78. The SMILES string of the molecule is CC1(c2cccc3c2oc2ccc(N(c4ccccc4)c4ccc(-c5ccccc5)cc4)cc23)c2ccccc2-c2ccccc21. The van der Waals surface area contributed by atoms with Gasteiger partial charge >= 0.3 is 0 Å². The molecule has 0 atom stereocenters. The lowest BCUT2D eigenvalue weighted by molar-refractivity contribution is 0.638. The molecule has 0 fully saturated rings. The van der Waals surface area contributed by atoms with E-state index in [4.69, 9.17) is 4.42 Å². The first kappa shape index (κ1) is 26.5. The Morgan fingerprint density at radius 1 is 0.435 bits per heavy atom. The summed E-state index contributed by atoms with van der Waals surface area (Å²) in [7, 11) is 0. The number of benzene rings is 7. The van der Waals surface area contributed by atoms with Gasteiger partial charge in [0.05, 0.1) is 0 Å². The summed E-state index contributed by atoms with van der Waals surface area (Å²) in [6, 6.07) is 60.8. The molecule has 0 saturated carbocycles. The van der Waals surface area contributed by atoms with Crippen LogP contribution in [0.5, 0.6) is 0 Å². The molecule has 1 aromatic heterocycles. The number of hydrogen-bond donors (Lipinski definition) is 0. The maximum Gasteiger partial charge on any atom is 0.139 e. The molecule has 0 bridgehead atoms. The smallest absolute Gasteiger partial charge is 0.139 e. The second kappa shape index (κ2) is 10.4. The van der Waals surface area contributed by atoms with Crippen LogP contribution in [0.2, 0.25) is 0 Å². The Labute approximate surface area is 268 Å². The molecule has 0 unspecified atom stereocenters. The minimum atomic E-state index is -0.333. The minimum absolute atomic E-state index is 0.333. The summed E-state index contributed by atoms with van der Waals surface area (Å²) in [5.74, 6) is 0. The predicted molar refractivity (Wildman–Crippen MR) is 191 cm³/mol. The summed E-state index contributed by atoms with van der Waals surface area (Å²) >= 11 is 0. The highest BCUT2D eigenvalue weighted by Gasteiger charge is 2.42. The Morgan fingerprint density at radius 2 is 0.978 bits per heavy atom. The zero-order valence-corrected chi connectivity index (χ0v) is 25.5. The second-order valence-electron chi connectivity index (χ2n) is 12.3. The van der Waals surface area contributed by atoms with Crippen molar-refractivity contribution in [1.82, 2.24) is 0 Å². The summed E-state index contributed by atoms with van der Waals surface area (Å²) in [6.07, 6.45) is 0. The molecule has 8 aromatic rings. The lowest BCUT2D eigenvalue weighted by Crippen LogP contribution is -2.22. The van der Waals surface area contributed by atoms with Crippen LogP contribution in [0, 0.1) is 0 Å². The highest BCUT2D eigenvalue weighted by atomic mass is 16.3. The van der Waals surface area contributed by atoms with Crippen molar-refractivity contribution in [3.05, 3.63) is 187 Å².